The fraction of sp³-hybridized carbons (Fsp3) is 0. The lowest BCUT2D eigenvalue weighted by Gasteiger charge is -2.07. The highest BCUT2D eigenvalue weighted by Crippen LogP contribution is 2.41. The van der Waals surface area contributed by atoms with Crippen molar-refractivity contribution in [2.45, 2.75) is 4.90 Å². The van der Waals surface area contributed by atoms with E-state index in [1.54, 1.807) is 24.3 Å². The molecule has 0 saturated carbocycles. The van der Waals surface area contributed by atoms with E-state index in [0.717, 1.165) is 5.56 Å². The van der Waals surface area contributed by atoms with Gasteiger partial charge in [-0.05, 0) is 29.8 Å². The first kappa shape index (κ1) is 18.0. The van der Waals surface area contributed by atoms with E-state index in [1.165, 1.54) is 12.1 Å². The maximum absolute atomic E-state index is 11.5. The zero-order valence-corrected chi connectivity index (χ0v) is 15.5. The number of hydrogen-bond donors (Lipinski definition) is 1. The molecular weight excluding hydrogens is 376 g/mol. The van der Waals surface area contributed by atoms with Gasteiger partial charge in [-0.3, -0.25) is 0 Å². The van der Waals surface area contributed by atoms with Crippen molar-refractivity contribution in [3.63, 3.8) is 0 Å². The number of nitrogens with zero attached hydrogens (tertiary/aromatic N) is 1. The summed E-state index contributed by atoms with van der Waals surface area (Å²) >= 11 is 0. The molecule has 0 fully saturated rings. The Labute approximate surface area is 162 Å². The lowest BCUT2D eigenvalue weighted by molar-refractivity contribution is 0.292. The van der Waals surface area contributed by atoms with Crippen molar-refractivity contribution in [2.24, 2.45) is 5.14 Å². The minimum atomic E-state index is -3.78. The van der Waals surface area contributed by atoms with Gasteiger partial charge in [-0.1, -0.05) is 65.8 Å². The Morgan fingerprint density at radius 1 is 0.786 bits per heavy atom. The quantitative estimate of drug-likeness (QED) is 0.541. The number of hydrogen-bond acceptors (Lipinski definition) is 5. The summed E-state index contributed by atoms with van der Waals surface area (Å²) in [4.78, 5) is 0.0273. The number of rotatable bonds is 5. The van der Waals surface area contributed by atoms with Crippen molar-refractivity contribution in [3.8, 4) is 34.1 Å². The summed E-state index contributed by atoms with van der Waals surface area (Å²) < 4.78 is 34.5. The van der Waals surface area contributed by atoms with Crippen LogP contribution in [0.3, 0.4) is 0 Å². The molecule has 0 spiro atoms. The Balaban J connectivity index is 1.84. The zero-order chi connectivity index (χ0) is 19.6. The number of ether oxygens (including phenoxy) is 1. The molecular formula is C21H16N2O4S. The van der Waals surface area contributed by atoms with Crippen molar-refractivity contribution >= 4 is 10.0 Å². The van der Waals surface area contributed by atoms with Crippen LogP contribution in [-0.4, -0.2) is 13.6 Å². The Hall–Kier alpha value is -3.42. The van der Waals surface area contributed by atoms with Crippen LogP contribution in [0.25, 0.3) is 22.4 Å². The Morgan fingerprint density at radius 3 is 2.00 bits per heavy atom. The minimum absolute atomic E-state index is 0.0273. The monoisotopic (exact) mass is 392 g/mol. The normalized spacial score (nSPS) is 11.3. The fourth-order valence-electron chi connectivity index (χ4n) is 2.80. The first-order valence-electron chi connectivity index (χ1n) is 8.43. The molecule has 0 unspecified atom stereocenters. The summed E-state index contributed by atoms with van der Waals surface area (Å²) in [6.07, 6.45) is 0. The van der Waals surface area contributed by atoms with E-state index in [4.69, 9.17) is 14.4 Å². The Kier molecular flexibility index (Phi) is 4.68. The summed E-state index contributed by atoms with van der Waals surface area (Å²) in [7, 11) is -3.78. The molecule has 4 aromatic rings. The van der Waals surface area contributed by atoms with Gasteiger partial charge in [0.25, 0.3) is 0 Å². The second kappa shape index (κ2) is 7.30. The molecule has 0 radical (unpaired) electrons. The molecule has 4 rings (SSSR count). The average Bonchev–Trinajstić information content (AvgIpc) is 3.12. The number of nitrogens with two attached hydrogens (primary N) is 1. The van der Waals surface area contributed by atoms with Gasteiger partial charge < -0.3 is 9.26 Å². The minimum Gasteiger partial charge on any atom is -0.424 e. The molecule has 0 atom stereocenters. The summed E-state index contributed by atoms with van der Waals surface area (Å²) in [5.74, 6) is 0.814. The predicted molar refractivity (Wildman–Crippen MR) is 105 cm³/mol. The van der Waals surface area contributed by atoms with Gasteiger partial charge >= 0.3 is 5.95 Å². The maximum Gasteiger partial charge on any atom is 0.325 e. The van der Waals surface area contributed by atoms with E-state index in [2.05, 4.69) is 5.16 Å². The van der Waals surface area contributed by atoms with Crippen LogP contribution in [0.15, 0.2) is 94.3 Å². The lowest BCUT2D eigenvalue weighted by Crippen LogP contribution is -2.11. The predicted octanol–water partition coefficient (Wildman–Crippen LogP) is 4.45. The van der Waals surface area contributed by atoms with Crippen LogP contribution >= 0.6 is 0 Å². The van der Waals surface area contributed by atoms with E-state index >= 15 is 0 Å². The SMILES string of the molecule is NS(=O)(=O)c1ccc(-c2c(-c3ccccc3)noc2Oc2ccccc2)cc1. The van der Waals surface area contributed by atoms with Crippen LogP contribution in [0, 0.1) is 0 Å². The van der Waals surface area contributed by atoms with E-state index in [1.807, 2.05) is 48.5 Å². The van der Waals surface area contributed by atoms with Crippen LogP contribution in [0.2, 0.25) is 0 Å². The van der Waals surface area contributed by atoms with E-state index in [9.17, 15) is 8.42 Å². The van der Waals surface area contributed by atoms with E-state index in [-0.39, 0.29) is 10.8 Å². The van der Waals surface area contributed by atoms with Crippen LogP contribution in [-0.2, 0) is 10.0 Å². The van der Waals surface area contributed by atoms with Crippen LogP contribution in [0.5, 0.6) is 11.7 Å². The topological polar surface area (TPSA) is 95.4 Å². The first-order valence-corrected chi connectivity index (χ1v) is 9.98. The molecule has 1 heterocycles. The number of primary sulfonamides is 1. The number of aromatic nitrogens is 1. The van der Waals surface area contributed by atoms with Gasteiger partial charge in [0.05, 0.1) is 10.5 Å². The number of sulfonamides is 1. The van der Waals surface area contributed by atoms with Crippen molar-refractivity contribution in [1.29, 1.82) is 0 Å². The molecule has 2 N–H and O–H groups in total. The molecule has 0 aliphatic heterocycles. The molecule has 28 heavy (non-hydrogen) atoms. The Bertz CT molecular complexity index is 1190. The second-order valence-electron chi connectivity index (χ2n) is 6.04. The van der Waals surface area contributed by atoms with Crippen LogP contribution in [0.4, 0.5) is 0 Å². The smallest absolute Gasteiger partial charge is 0.325 e. The zero-order valence-electron chi connectivity index (χ0n) is 14.6. The summed E-state index contributed by atoms with van der Waals surface area (Å²) in [5, 5.41) is 9.38. The van der Waals surface area contributed by atoms with E-state index < -0.39 is 10.0 Å². The molecule has 0 saturated heterocycles. The van der Waals surface area contributed by atoms with Crippen molar-refractivity contribution in [2.75, 3.05) is 0 Å². The largest absolute Gasteiger partial charge is 0.424 e. The van der Waals surface area contributed by atoms with Crippen LogP contribution in [0.1, 0.15) is 0 Å². The fourth-order valence-corrected chi connectivity index (χ4v) is 3.31. The molecule has 1 aromatic heterocycles. The standard InChI is InChI=1S/C21H16N2O4S/c22-28(24,25)18-13-11-15(12-14-18)19-20(16-7-3-1-4-8-16)23-27-21(19)26-17-9-5-2-6-10-17/h1-14H,(H2,22,24,25). The molecule has 0 bridgehead atoms. The summed E-state index contributed by atoms with van der Waals surface area (Å²) in [6.45, 7) is 0. The van der Waals surface area contributed by atoms with Gasteiger partial charge in [0.1, 0.15) is 11.4 Å². The second-order valence-corrected chi connectivity index (χ2v) is 7.61. The first-order chi connectivity index (χ1) is 13.5. The van der Waals surface area contributed by atoms with Gasteiger partial charge in [0.15, 0.2) is 0 Å². The van der Waals surface area contributed by atoms with E-state index in [0.29, 0.717) is 22.6 Å². The third kappa shape index (κ3) is 3.66. The highest BCUT2D eigenvalue weighted by molar-refractivity contribution is 7.89. The average molecular weight is 392 g/mol. The molecule has 3 aromatic carbocycles. The van der Waals surface area contributed by atoms with Gasteiger partial charge in [0, 0.05) is 5.56 Å². The molecule has 7 heteroatoms. The molecule has 0 amide bonds. The third-order valence-electron chi connectivity index (χ3n) is 4.13. The molecule has 140 valence electrons. The van der Waals surface area contributed by atoms with Crippen LogP contribution < -0.4 is 9.88 Å². The third-order valence-corrected chi connectivity index (χ3v) is 5.06. The molecule has 0 aliphatic rings. The Morgan fingerprint density at radius 2 is 1.39 bits per heavy atom. The summed E-state index contributed by atoms with van der Waals surface area (Å²) in [6, 6.07) is 24.9. The van der Waals surface area contributed by atoms with Gasteiger partial charge in [-0.2, -0.15) is 0 Å². The van der Waals surface area contributed by atoms with Gasteiger partial charge in [-0.15, -0.1) is 0 Å². The number of benzene rings is 3. The van der Waals surface area contributed by atoms with Gasteiger partial charge in [-0.25, -0.2) is 13.6 Å². The molecule has 6 nitrogen and oxygen atoms in total. The lowest BCUT2D eigenvalue weighted by atomic mass is 10.0. The maximum atomic E-state index is 11.5. The van der Waals surface area contributed by atoms with Crippen molar-refractivity contribution in [3.05, 3.63) is 84.9 Å². The highest BCUT2D eigenvalue weighted by atomic mass is 32.2. The molecule has 0 aliphatic carbocycles. The highest BCUT2D eigenvalue weighted by Gasteiger charge is 2.22. The van der Waals surface area contributed by atoms with Gasteiger partial charge in [0.2, 0.25) is 10.0 Å². The summed E-state index contributed by atoms with van der Waals surface area (Å²) in [5.41, 5.74) is 2.75. The van der Waals surface area contributed by atoms with Crippen molar-refractivity contribution < 1.29 is 17.7 Å². The van der Waals surface area contributed by atoms with Crippen molar-refractivity contribution in [1.82, 2.24) is 5.16 Å². The number of para-hydroxylation sites is 1.